The standard InChI is InChI=1S/C18H27ClN2/c19-12-2-3-13-20-16-8-6-15(7-9-16)18-11-10-17-5-1-4-14-21(17)18/h6-9,17-18,20H,1-5,10-14H2. The summed E-state index contributed by atoms with van der Waals surface area (Å²) in [5, 5.41) is 3.48. The molecule has 1 N–H and O–H groups in total. The topological polar surface area (TPSA) is 15.3 Å². The molecule has 0 saturated carbocycles. The van der Waals surface area contributed by atoms with Crippen LogP contribution in [0.15, 0.2) is 24.3 Å². The van der Waals surface area contributed by atoms with E-state index in [1.807, 2.05) is 0 Å². The molecule has 2 aliphatic rings. The van der Waals surface area contributed by atoms with Gasteiger partial charge in [0.2, 0.25) is 0 Å². The van der Waals surface area contributed by atoms with Gasteiger partial charge in [-0.05, 0) is 62.8 Å². The molecule has 0 radical (unpaired) electrons. The van der Waals surface area contributed by atoms with E-state index in [1.165, 1.54) is 49.9 Å². The minimum absolute atomic E-state index is 0.667. The monoisotopic (exact) mass is 306 g/mol. The lowest BCUT2D eigenvalue weighted by Crippen LogP contribution is -2.35. The molecule has 1 aromatic carbocycles. The van der Waals surface area contributed by atoms with Crippen molar-refractivity contribution in [2.24, 2.45) is 0 Å². The second-order valence-electron chi connectivity index (χ2n) is 6.43. The predicted molar refractivity (Wildman–Crippen MR) is 91.2 cm³/mol. The summed E-state index contributed by atoms with van der Waals surface area (Å²) >= 11 is 5.70. The Balaban J connectivity index is 1.56. The maximum absolute atomic E-state index is 5.70. The fraction of sp³-hybridized carbons (Fsp3) is 0.667. The highest BCUT2D eigenvalue weighted by atomic mass is 35.5. The largest absolute Gasteiger partial charge is 0.385 e. The zero-order valence-electron chi connectivity index (χ0n) is 12.9. The van der Waals surface area contributed by atoms with E-state index in [9.17, 15) is 0 Å². The third kappa shape index (κ3) is 3.73. The van der Waals surface area contributed by atoms with Crippen molar-refractivity contribution in [3.8, 4) is 0 Å². The molecule has 116 valence electrons. The van der Waals surface area contributed by atoms with Gasteiger partial charge in [-0.25, -0.2) is 0 Å². The summed E-state index contributed by atoms with van der Waals surface area (Å²) in [5.41, 5.74) is 2.74. The number of hydrogen-bond donors (Lipinski definition) is 1. The number of nitrogens with zero attached hydrogens (tertiary/aromatic N) is 1. The number of piperidine rings is 1. The molecule has 0 spiro atoms. The van der Waals surface area contributed by atoms with Gasteiger partial charge in [-0.1, -0.05) is 18.6 Å². The molecule has 21 heavy (non-hydrogen) atoms. The first kappa shape index (κ1) is 15.2. The molecular formula is C18H27ClN2. The molecule has 3 rings (SSSR count). The number of hydrogen-bond acceptors (Lipinski definition) is 2. The van der Waals surface area contributed by atoms with Gasteiger partial charge in [-0.2, -0.15) is 0 Å². The number of fused-ring (bicyclic) bond motifs is 1. The SMILES string of the molecule is ClCCCCNc1ccc(C2CCC3CCCCN32)cc1. The normalized spacial score (nSPS) is 25.8. The predicted octanol–water partition coefficient (Wildman–Crippen LogP) is 4.81. The molecule has 2 unspecified atom stereocenters. The zero-order chi connectivity index (χ0) is 14.5. The van der Waals surface area contributed by atoms with Gasteiger partial charge < -0.3 is 5.32 Å². The van der Waals surface area contributed by atoms with Crippen molar-refractivity contribution in [3.63, 3.8) is 0 Å². The Kier molecular flexibility index (Phi) is 5.43. The summed E-state index contributed by atoms with van der Waals surface area (Å²) in [6.45, 7) is 2.32. The molecule has 0 aromatic heterocycles. The molecule has 2 heterocycles. The molecule has 3 heteroatoms. The van der Waals surface area contributed by atoms with Crippen molar-refractivity contribution in [2.75, 3.05) is 24.3 Å². The van der Waals surface area contributed by atoms with E-state index in [-0.39, 0.29) is 0 Å². The molecule has 2 fully saturated rings. The highest BCUT2D eigenvalue weighted by Gasteiger charge is 2.35. The van der Waals surface area contributed by atoms with E-state index in [0.717, 1.165) is 31.3 Å². The number of anilines is 1. The maximum Gasteiger partial charge on any atom is 0.0351 e. The molecule has 0 bridgehead atoms. The highest BCUT2D eigenvalue weighted by Crippen LogP contribution is 2.40. The van der Waals surface area contributed by atoms with Crippen LogP contribution < -0.4 is 5.32 Å². The lowest BCUT2D eigenvalue weighted by molar-refractivity contribution is 0.150. The van der Waals surface area contributed by atoms with Gasteiger partial charge >= 0.3 is 0 Å². The molecule has 2 atom stereocenters. The second-order valence-corrected chi connectivity index (χ2v) is 6.80. The van der Waals surface area contributed by atoms with Crippen LogP contribution in [0.5, 0.6) is 0 Å². The lowest BCUT2D eigenvalue weighted by Gasteiger charge is -2.34. The van der Waals surface area contributed by atoms with Crippen LogP contribution in [0.4, 0.5) is 5.69 Å². The van der Waals surface area contributed by atoms with Gasteiger partial charge in [-0.3, -0.25) is 4.90 Å². The van der Waals surface area contributed by atoms with Crippen LogP contribution in [-0.2, 0) is 0 Å². The van der Waals surface area contributed by atoms with Crippen molar-refractivity contribution in [1.82, 2.24) is 4.90 Å². The summed E-state index contributed by atoms with van der Waals surface area (Å²) in [4.78, 5) is 2.76. The average molecular weight is 307 g/mol. The van der Waals surface area contributed by atoms with Crippen molar-refractivity contribution in [3.05, 3.63) is 29.8 Å². The number of alkyl halides is 1. The van der Waals surface area contributed by atoms with Crippen molar-refractivity contribution in [1.29, 1.82) is 0 Å². The third-order valence-corrected chi connectivity index (χ3v) is 5.30. The Bertz CT molecular complexity index is 431. The molecule has 0 amide bonds. The minimum atomic E-state index is 0.667. The van der Waals surface area contributed by atoms with Crippen LogP contribution >= 0.6 is 11.6 Å². The van der Waals surface area contributed by atoms with Crippen molar-refractivity contribution in [2.45, 2.75) is 57.0 Å². The Morgan fingerprint density at radius 1 is 1.05 bits per heavy atom. The van der Waals surface area contributed by atoms with Crippen LogP contribution in [0.1, 0.15) is 56.6 Å². The van der Waals surface area contributed by atoms with Gasteiger partial charge in [0, 0.05) is 30.2 Å². The summed E-state index contributed by atoms with van der Waals surface area (Å²) in [7, 11) is 0. The first-order valence-electron chi connectivity index (χ1n) is 8.54. The van der Waals surface area contributed by atoms with Crippen LogP contribution in [0.25, 0.3) is 0 Å². The molecular weight excluding hydrogens is 280 g/mol. The molecule has 0 aliphatic carbocycles. The van der Waals surface area contributed by atoms with E-state index < -0.39 is 0 Å². The molecule has 2 nitrogen and oxygen atoms in total. The number of unbranched alkanes of at least 4 members (excludes halogenated alkanes) is 1. The fourth-order valence-electron chi connectivity index (χ4n) is 3.89. The molecule has 2 aliphatic heterocycles. The summed E-state index contributed by atoms with van der Waals surface area (Å²) in [6, 6.07) is 10.7. The fourth-order valence-corrected chi connectivity index (χ4v) is 4.08. The Morgan fingerprint density at radius 3 is 2.71 bits per heavy atom. The Morgan fingerprint density at radius 2 is 1.90 bits per heavy atom. The van der Waals surface area contributed by atoms with Crippen LogP contribution in [0.3, 0.4) is 0 Å². The summed E-state index contributed by atoms with van der Waals surface area (Å²) < 4.78 is 0. The molecule has 1 aromatic rings. The Hall–Kier alpha value is -0.730. The average Bonchev–Trinajstić information content (AvgIpc) is 2.96. The Labute approximate surface area is 133 Å². The summed E-state index contributed by atoms with van der Waals surface area (Å²) in [5.74, 6) is 0.763. The number of nitrogens with one attached hydrogen (secondary N) is 1. The van der Waals surface area contributed by atoms with E-state index >= 15 is 0 Å². The van der Waals surface area contributed by atoms with E-state index in [4.69, 9.17) is 11.6 Å². The van der Waals surface area contributed by atoms with Gasteiger partial charge in [0.1, 0.15) is 0 Å². The van der Waals surface area contributed by atoms with Gasteiger partial charge in [0.15, 0.2) is 0 Å². The van der Waals surface area contributed by atoms with Gasteiger partial charge in [0.25, 0.3) is 0 Å². The van der Waals surface area contributed by atoms with Crippen molar-refractivity contribution < 1.29 is 0 Å². The first-order chi connectivity index (χ1) is 10.4. The van der Waals surface area contributed by atoms with Crippen molar-refractivity contribution >= 4 is 17.3 Å². The summed E-state index contributed by atoms with van der Waals surface area (Å²) in [6.07, 6.45) is 9.19. The molecule has 2 saturated heterocycles. The quantitative estimate of drug-likeness (QED) is 0.599. The highest BCUT2D eigenvalue weighted by molar-refractivity contribution is 6.17. The smallest absolute Gasteiger partial charge is 0.0351 e. The number of rotatable bonds is 6. The first-order valence-corrected chi connectivity index (χ1v) is 9.07. The second kappa shape index (κ2) is 7.51. The third-order valence-electron chi connectivity index (χ3n) is 5.03. The maximum atomic E-state index is 5.70. The van der Waals surface area contributed by atoms with Crippen LogP contribution in [0, 0.1) is 0 Å². The zero-order valence-corrected chi connectivity index (χ0v) is 13.6. The van der Waals surface area contributed by atoms with E-state index in [1.54, 1.807) is 0 Å². The van der Waals surface area contributed by atoms with Gasteiger partial charge in [0.05, 0.1) is 0 Å². The van der Waals surface area contributed by atoms with Crippen LogP contribution in [0.2, 0.25) is 0 Å². The lowest BCUT2D eigenvalue weighted by atomic mass is 10.0. The minimum Gasteiger partial charge on any atom is -0.385 e. The van der Waals surface area contributed by atoms with E-state index in [2.05, 4.69) is 34.5 Å². The number of halogens is 1. The van der Waals surface area contributed by atoms with Gasteiger partial charge in [-0.15, -0.1) is 11.6 Å². The van der Waals surface area contributed by atoms with E-state index in [0.29, 0.717) is 6.04 Å². The number of benzene rings is 1. The van der Waals surface area contributed by atoms with Crippen LogP contribution in [-0.4, -0.2) is 29.9 Å².